The van der Waals surface area contributed by atoms with E-state index < -0.39 is 0 Å². The molecule has 3 rings (SSSR count). The van der Waals surface area contributed by atoms with Crippen LogP contribution >= 0.6 is 0 Å². The number of likely N-dealkylation sites (tertiary alicyclic amines) is 1. The van der Waals surface area contributed by atoms with E-state index >= 15 is 0 Å². The summed E-state index contributed by atoms with van der Waals surface area (Å²) < 4.78 is 0. The Morgan fingerprint density at radius 1 is 1.22 bits per heavy atom. The van der Waals surface area contributed by atoms with Crippen molar-refractivity contribution in [2.75, 3.05) is 32.0 Å². The first-order valence-electron chi connectivity index (χ1n) is 6.20. The number of rotatable bonds is 4. The number of hydrogen-bond acceptors (Lipinski definition) is 6. The zero-order valence-corrected chi connectivity index (χ0v) is 10.2. The molecule has 98 valence electrons. The van der Waals surface area contributed by atoms with Gasteiger partial charge >= 0.3 is 0 Å². The fraction of sp³-hybridized carbons (Fsp3) is 0.667. The number of nitrogen functional groups attached to an aromatic ring is 1. The van der Waals surface area contributed by atoms with Crippen LogP contribution in [0.1, 0.15) is 5.56 Å². The van der Waals surface area contributed by atoms with Gasteiger partial charge in [0.25, 0.3) is 0 Å². The number of nitrogens with two attached hydrogens (primary N) is 1. The monoisotopic (exact) mass is 250 g/mol. The molecule has 2 aliphatic rings. The van der Waals surface area contributed by atoms with Gasteiger partial charge in [-0.3, -0.25) is 4.90 Å². The number of aliphatic hydroxyl groups excluding tert-OH is 2. The van der Waals surface area contributed by atoms with Crippen LogP contribution in [-0.2, 0) is 6.54 Å². The molecule has 6 nitrogen and oxygen atoms in total. The van der Waals surface area contributed by atoms with Crippen LogP contribution in [-0.4, -0.2) is 51.4 Å². The van der Waals surface area contributed by atoms with Crippen molar-refractivity contribution >= 4 is 5.95 Å². The molecular weight excluding hydrogens is 232 g/mol. The van der Waals surface area contributed by atoms with Crippen LogP contribution in [0.2, 0.25) is 0 Å². The molecule has 0 spiro atoms. The van der Waals surface area contributed by atoms with Gasteiger partial charge in [-0.25, -0.2) is 9.97 Å². The summed E-state index contributed by atoms with van der Waals surface area (Å²) in [6, 6.07) is 0. The summed E-state index contributed by atoms with van der Waals surface area (Å²) in [6.07, 6.45) is 3.50. The van der Waals surface area contributed by atoms with Crippen LogP contribution < -0.4 is 5.73 Å². The third-order valence-electron chi connectivity index (χ3n) is 4.48. The topological polar surface area (TPSA) is 95.5 Å². The van der Waals surface area contributed by atoms with Crippen LogP contribution in [0, 0.1) is 17.3 Å². The molecule has 0 amide bonds. The summed E-state index contributed by atoms with van der Waals surface area (Å²) in [5.41, 5.74) is 6.28. The summed E-state index contributed by atoms with van der Waals surface area (Å²) in [6.45, 7) is 2.85. The highest BCUT2D eigenvalue weighted by molar-refractivity contribution is 5.19. The minimum Gasteiger partial charge on any atom is -0.396 e. The third-order valence-corrected chi connectivity index (χ3v) is 4.48. The lowest BCUT2D eigenvalue weighted by Gasteiger charge is -2.23. The molecule has 2 atom stereocenters. The second kappa shape index (κ2) is 4.15. The van der Waals surface area contributed by atoms with Gasteiger partial charge in [0.15, 0.2) is 0 Å². The Morgan fingerprint density at radius 2 is 1.78 bits per heavy atom. The van der Waals surface area contributed by atoms with Crippen molar-refractivity contribution < 1.29 is 10.2 Å². The molecule has 0 radical (unpaired) electrons. The van der Waals surface area contributed by atoms with Crippen molar-refractivity contribution in [1.82, 2.24) is 14.9 Å². The maximum Gasteiger partial charge on any atom is 0.219 e. The molecule has 1 saturated heterocycles. The number of hydrogen-bond donors (Lipinski definition) is 3. The van der Waals surface area contributed by atoms with E-state index in [1.54, 1.807) is 12.4 Å². The van der Waals surface area contributed by atoms with Crippen molar-refractivity contribution in [3.05, 3.63) is 18.0 Å². The van der Waals surface area contributed by atoms with Gasteiger partial charge in [0.2, 0.25) is 5.95 Å². The zero-order valence-electron chi connectivity index (χ0n) is 10.2. The molecule has 1 aliphatic heterocycles. The molecule has 2 heterocycles. The Bertz CT molecular complexity index is 418. The van der Waals surface area contributed by atoms with E-state index in [2.05, 4.69) is 14.9 Å². The van der Waals surface area contributed by atoms with Crippen molar-refractivity contribution in [2.45, 2.75) is 6.54 Å². The summed E-state index contributed by atoms with van der Waals surface area (Å²) in [5, 5.41) is 18.7. The molecule has 1 aromatic heterocycles. The highest BCUT2D eigenvalue weighted by atomic mass is 16.3. The van der Waals surface area contributed by atoms with Crippen LogP contribution in [0.5, 0.6) is 0 Å². The lowest BCUT2D eigenvalue weighted by Crippen LogP contribution is -2.31. The van der Waals surface area contributed by atoms with Crippen molar-refractivity contribution in [1.29, 1.82) is 0 Å². The van der Waals surface area contributed by atoms with Crippen molar-refractivity contribution in [3.63, 3.8) is 0 Å². The van der Waals surface area contributed by atoms with E-state index in [0.717, 1.165) is 25.2 Å². The summed E-state index contributed by atoms with van der Waals surface area (Å²) in [5.74, 6) is 1.16. The molecule has 1 aromatic rings. The van der Waals surface area contributed by atoms with Crippen LogP contribution in [0.4, 0.5) is 5.95 Å². The summed E-state index contributed by atoms with van der Waals surface area (Å²) in [7, 11) is 0. The maximum absolute atomic E-state index is 9.36. The smallest absolute Gasteiger partial charge is 0.219 e. The second-order valence-corrected chi connectivity index (χ2v) is 5.41. The molecule has 6 heteroatoms. The van der Waals surface area contributed by atoms with E-state index in [9.17, 15) is 10.2 Å². The molecule has 1 aliphatic carbocycles. The van der Waals surface area contributed by atoms with E-state index in [1.807, 2.05) is 0 Å². The van der Waals surface area contributed by atoms with Crippen LogP contribution in [0.3, 0.4) is 0 Å². The van der Waals surface area contributed by atoms with Gasteiger partial charge in [-0.1, -0.05) is 0 Å². The number of fused-ring (bicyclic) bond motifs is 1. The van der Waals surface area contributed by atoms with E-state index in [4.69, 9.17) is 5.73 Å². The molecule has 18 heavy (non-hydrogen) atoms. The Balaban J connectivity index is 1.58. The minimum atomic E-state index is -0.214. The lowest BCUT2D eigenvalue weighted by atomic mass is 10.0. The average Bonchev–Trinajstić information content (AvgIpc) is 2.76. The molecule has 0 bridgehead atoms. The van der Waals surface area contributed by atoms with Gasteiger partial charge in [-0.2, -0.15) is 0 Å². The van der Waals surface area contributed by atoms with Gasteiger partial charge < -0.3 is 15.9 Å². The largest absolute Gasteiger partial charge is 0.396 e. The van der Waals surface area contributed by atoms with Gasteiger partial charge in [0, 0.05) is 43.0 Å². The number of aromatic nitrogens is 2. The number of aliphatic hydroxyl groups is 2. The minimum absolute atomic E-state index is 0.0949. The SMILES string of the molecule is Nc1ncc(CN2CC3C(C2)C3(CO)CO)cn1. The second-order valence-electron chi connectivity index (χ2n) is 5.41. The van der Waals surface area contributed by atoms with Gasteiger partial charge in [0.1, 0.15) is 0 Å². The molecule has 0 aromatic carbocycles. The maximum atomic E-state index is 9.36. The highest BCUT2D eigenvalue weighted by Crippen LogP contribution is 2.62. The standard InChI is InChI=1S/C12H18N4O2/c13-11-14-1-8(2-15-11)3-16-4-9-10(5-16)12(9,6-17)7-18/h1-2,9-10,17-18H,3-7H2,(H2,13,14,15). The van der Waals surface area contributed by atoms with Gasteiger partial charge in [-0.15, -0.1) is 0 Å². The normalized spacial score (nSPS) is 29.2. The summed E-state index contributed by atoms with van der Waals surface area (Å²) in [4.78, 5) is 10.3. The van der Waals surface area contributed by atoms with Gasteiger partial charge in [-0.05, 0) is 11.8 Å². The van der Waals surface area contributed by atoms with Crippen LogP contribution in [0.15, 0.2) is 12.4 Å². The van der Waals surface area contributed by atoms with E-state index in [1.165, 1.54) is 0 Å². The number of anilines is 1. The fourth-order valence-electron chi connectivity index (χ4n) is 3.27. The van der Waals surface area contributed by atoms with E-state index in [0.29, 0.717) is 17.8 Å². The van der Waals surface area contributed by atoms with Gasteiger partial charge in [0.05, 0.1) is 13.2 Å². The molecule has 2 fully saturated rings. The van der Waals surface area contributed by atoms with Crippen LogP contribution in [0.25, 0.3) is 0 Å². The average molecular weight is 250 g/mol. The molecular formula is C12H18N4O2. The lowest BCUT2D eigenvalue weighted by molar-refractivity contribution is 0.0868. The fourth-order valence-corrected chi connectivity index (χ4v) is 3.27. The van der Waals surface area contributed by atoms with Crippen molar-refractivity contribution in [2.24, 2.45) is 17.3 Å². The Labute approximate surface area is 105 Å². The molecule has 2 unspecified atom stereocenters. The van der Waals surface area contributed by atoms with Crippen molar-refractivity contribution in [3.8, 4) is 0 Å². The first-order chi connectivity index (χ1) is 8.69. The predicted molar refractivity (Wildman–Crippen MR) is 65.3 cm³/mol. The Morgan fingerprint density at radius 3 is 2.28 bits per heavy atom. The Kier molecular flexibility index (Phi) is 2.73. The van der Waals surface area contributed by atoms with E-state index in [-0.39, 0.29) is 18.6 Å². The molecule has 1 saturated carbocycles. The first-order valence-corrected chi connectivity index (χ1v) is 6.20. The third kappa shape index (κ3) is 1.68. The number of nitrogens with zero attached hydrogens (tertiary/aromatic N) is 3. The zero-order chi connectivity index (χ0) is 12.8. The number of piperidine rings is 1. The Hall–Kier alpha value is -1.24. The quantitative estimate of drug-likeness (QED) is 0.640. The first kappa shape index (κ1) is 11.8. The summed E-state index contributed by atoms with van der Waals surface area (Å²) >= 11 is 0. The predicted octanol–water partition coefficient (Wildman–Crippen LogP) is -0.909. The molecule has 4 N–H and O–H groups in total. The highest BCUT2D eigenvalue weighted by Gasteiger charge is 2.67.